The molecule has 4 aliphatic rings. The summed E-state index contributed by atoms with van der Waals surface area (Å²) in [5.41, 5.74) is -1.83. The van der Waals surface area contributed by atoms with Crippen LogP contribution in [0.2, 0.25) is 0 Å². The zero-order chi connectivity index (χ0) is 24.5. The summed E-state index contributed by atoms with van der Waals surface area (Å²) in [6.45, 7) is 1.29. The molecule has 0 amide bonds. The van der Waals surface area contributed by atoms with Crippen LogP contribution in [0.1, 0.15) is 61.4 Å². The van der Waals surface area contributed by atoms with Gasteiger partial charge < -0.3 is 14.0 Å². The monoisotopic (exact) mass is 501 g/mol. The van der Waals surface area contributed by atoms with E-state index >= 15 is 0 Å². The summed E-state index contributed by atoms with van der Waals surface area (Å²) < 4.78 is 84.8. The second-order valence-electron chi connectivity index (χ2n) is 10.4. The molecule has 0 aromatic heterocycles. The lowest BCUT2D eigenvalue weighted by Crippen LogP contribution is -2.48. The van der Waals surface area contributed by atoms with Gasteiger partial charge in [-0.15, -0.1) is 0 Å². The molecule has 10 heteroatoms. The molecule has 7 unspecified atom stereocenters. The van der Waals surface area contributed by atoms with Crippen molar-refractivity contribution in [2.45, 2.75) is 57.2 Å². The first-order valence-electron chi connectivity index (χ1n) is 11.9. The predicted octanol–water partition coefficient (Wildman–Crippen LogP) is 4.64. The normalized spacial score (nSPS) is 36.0. The summed E-state index contributed by atoms with van der Waals surface area (Å²) in [5, 5.41) is 0. The molecule has 4 aliphatic carbocycles. The maximum Gasteiger partial charge on any atom is 0.419 e. The van der Waals surface area contributed by atoms with Gasteiger partial charge in [0.1, 0.15) is 18.0 Å². The fraction of sp³-hybridized carbons (Fsp3) is 0.708. The maximum absolute atomic E-state index is 13.8. The van der Waals surface area contributed by atoms with Gasteiger partial charge in [0.05, 0.1) is 27.0 Å². The van der Waals surface area contributed by atoms with Crippen LogP contribution in [0.3, 0.4) is 0 Å². The van der Waals surface area contributed by atoms with Gasteiger partial charge >= 0.3 is 12.1 Å². The molecule has 0 heterocycles. The van der Waals surface area contributed by atoms with E-state index in [4.69, 9.17) is 9.47 Å². The molecule has 0 N–H and O–H groups in total. The van der Waals surface area contributed by atoms with E-state index in [0.717, 1.165) is 37.0 Å². The number of benzene rings is 1. The van der Waals surface area contributed by atoms with Crippen LogP contribution in [0.15, 0.2) is 18.2 Å². The Morgan fingerprint density at radius 3 is 2.50 bits per heavy atom. The van der Waals surface area contributed by atoms with Crippen LogP contribution in [-0.2, 0) is 21.0 Å². The lowest BCUT2D eigenvalue weighted by atomic mass is 9.65. The highest BCUT2D eigenvalue weighted by Gasteiger charge is 2.67. The number of halogens is 3. The van der Waals surface area contributed by atoms with E-state index in [2.05, 4.69) is 0 Å². The molecule has 7 atom stereocenters. The van der Waals surface area contributed by atoms with Crippen molar-refractivity contribution in [3.63, 3.8) is 0 Å². The van der Waals surface area contributed by atoms with E-state index in [1.807, 2.05) is 6.92 Å². The smallest absolute Gasteiger partial charge is 0.419 e. The number of carbonyl (C=O) groups is 1. The van der Waals surface area contributed by atoms with Gasteiger partial charge in [0.25, 0.3) is 0 Å². The molecule has 5 rings (SSSR count). The predicted molar refractivity (Wildman–Crippen MR) is 114 cm³/mol. The van der Waals surface area contributed by atoms with Crippen LogP contribution in [0.4, 0.5) is 13.2 Å². The molecule has 4 fully saturated rings. The molecule has 0 aliphatic heterocycles. The Morgan fingerprint density at radius 2 is 1.85 bits per heavy atom. The highest BCUT2D eigenvalue weighted by molar-refractivity contribution is 7.85. The molecular weight excluding hydrogens is 473 g/mol. The van der Waals surface area contributed by atoms with Crippen molar-refractivity contribution in [3.05, 3.63) is 29.3 Å². The zero-order valence-electron chi connectivity index (χ0n) is 18.8. The molecule has 6 nitrogen and oxygen atoms in total. The number of esters is 1. The third kappa shape index (κ3) is 4.00. The Hall–Kier alpha value is -1.81. The molecule has 188 valence electrons. The maximum atomic E-state index is 13.8. The van der Waals surface area contributed by atoms with Gasteiger partial charge in [-0.25, -0.2) is 13.2 Å². The summed E-state index contributed by atoms with van der Waals surface area (Å²) in [6.07, 6.45) is 1.33. The van der Waals surface area contributed by atoms with Gasteiger partial charge in [-0.05, 0) is 86.3 Å². The standard InChI is InChI=1S/C24H29F3O6S/c1-2-23(12-16-10-18(23)21-14-4-3-13(9-14)20(16)21)33-19-11-15(5-6-17(19)24(25,26)27)22(28)32-7-8-34(29,30)31/h5-6,11,13-14,16,18,20-21H,2-4,7-10,12H2,1H3,(H,29,30,31)/p-1. The van der Waals surface area contributed by atoms with Gasteiger partial charge in [0.15, 0.2) is 0 Å². The summed E-state index contributed by atoms with van der Waals surface area (Å²) in [5.74, 6) is 0.948. The van der Waals surface area contributed by atoms with Crippen LogP contribution in [0.25, 0.3) is 0 Å². The van der Waals surface area contributed by atoms with E-state index in [0.29, 0.717) is 30.1 Å². The number of rotatable bonds is 7. The summed E-state index contributed by atoms with van der Waals surface area (Å²) in [7, 11) is -4.58. The molecule has 1 aromatic carbocycles. The molecule has 1 aromatic rings. The number of carbonyl (C=O) groups excluding carboxylic acids is 1. The minimum Gasteiger partial charge on any atom is -0.748 e. The fourth-order valence-corrected chi connectivity index (χ4v) is 8.09. The van der Waals surface area contributed by atoms with Crippen LogP contribution in [0.5, 0.6) is 5.75 Å². The van der Waals surface area contributed by atoms with Crippen molar-refractivity contribution in [2.24, 2.45) is 35.5 Å². The molecule has 0 saturated heterocycles. The second-order valence-corrected chi connectivity index (χ2v) is 11.9. The number of hydrogen-bond acceptors (Lipinski definition) is 6. The average Bonchev–Trinajstić information content (AvgIpc) is 3.51. The number of hydrogen-bond donors (Lipinski definition) is 0. The summed E-state index contributed by atoms with van der Waals surface area (Å²) >= 11 is 0. The van der Waals surface area contributed by atoms with Crippen LogP contribution in [-0.4, -0.2) is 36.9 Å². The minimum absolute atomic E-state index is 0.182. The van der Waals surface area contributed by atoms with E-state index in [9.17, 15) is 30.9 Å². The van der Waals surface area contributed by atoms with Crippen molar-refractivity contribution >= 4 is 16.1 Å². The molecule has 34 heavy (non-hydrogen) atoms. The van der Waals surface area contributed by atoms with E-state index in [-0.39, 0.29) is 11.5 Å². The highest BCUT2D eigenvalue weighted by Crippen LogP contribution is 2.70. The zero-order valence-corrected chi connectivity index (χ0v) is 19.7. The number of ether oxygens (including phenoxy) is 2. The third-order valence-corrected chi connectivity index (χ3v) is 9.56. The van der Waals surface area contributed by atoms with E-state index in [1.54, 1.807) is 0 Å². The van der Waals surface area contributed by atoms with E-state index < -0.39 is 51.5 Å². The molecule has 4 bridgehead atoms. The van der Waals surface area contributed by atoms with Crippen molar-refractivity contribution in [1.29, 1.82) is 0 Å². The Morgan fingerprint density at radius 1 is 1.15 bits per heavy atom. The topological polar surface area (TPSA) is 92.7 Å². The fourth-order valence-electron chi connectivity index (χ4n) is 7.80. The Kier molecular flexibility index (Phi) is 5.71. The average molecular weight is 502 g/mol. The molecule has 4 saturated carbocycles. The third-order valence-electron chi connectivity index (χ3n) is 8.90. The quantitative estimate of drug-likeness (QED) is 0.307. The number of fused-ring (bicyclic) bond motifs is 9. The largest absolute Gasteiger partial charge is 0.748 e. The van der Waals surface area contributed by atoms with Crippen molar-refractivity contribution in [1.82, 2.24) is 0 Å². The first kappa shape index (κ1) is 23.9. The summed E-state index contributed by atoms with van der Waals surface area (Å²) in [6, 6.07) is 2.82. The van der Waals surface area contributed by atoms with Gasteiger partial charge in [-0.3, -0.25) is 0 Å². The molecule has 0 radical (unpaired) electrons. The van der Waals surface area contributed by atoms with Crippen molar-refractivity contribution in [3.8, 4) is 5.75 Å². The van der Waals surface area contributed by atoms with Crippen LogP contribution >= 0.6 is 0 Å². The Labute approximate surface area is 196 Å². The lowest BCUT2D eigenvalue weighted by Gasteiger charge is -2.46. The van der Waals surface area contributed by atoms with Gasteiger partial charge in [-0.1, -0.05) is 6.92 Å². The van der Waals surface area contributed by atoms with Gasteiger partial charge in [0, 0.05) is 5.92 Å². The van der Waals surface area contributed by atoms with Crippen molar-refractivity contribution in [2.75, 3.05) is 12.4 Å². The van der Waals surface area contributed by atoms with Crippen LogP contribution < -0.4 is 4.74 Å². The first-order chi connectivity index (χ1) is 15.9. The summed E-state index contributed by atoms with van der Waals surface area (Å²) in [4.78, 5) is 12.3. The van der Waals surface area contributed by atoms with Crippen molar-refractivity contribution < 1.29 is 40.4 Å². The Balaban J connectivity index is 1.42. The first-order valence-corrected chi connectivity index (χ1v) is 13.5. The number of alkyl halides is 3. The molecule has 0 spiro atoms. The minimum atomic E-state index is -4.67. The second kappa shape index (κ2) is 8.11. The van der Waals surface area contributed by atoms with E-state index in [1.165, 1.54) is 19.3 Å². The Bertz CT molecular complexity index is 1090. The van der Waals surface area contributed by atoms with Crippen LogP contribution in [0, 0.1) is 35.5 Å². The SMILES string of the molecule is CCC1(Oc2cc(C(=O)OCCS(=O)(=O)[O-])ccc2C(F)(F)F)CC2CC1C1C3CCC(C3)C21. The lowest BCUT2D eigenvalue weighted by molar-refractivity contribution is -0.141. The van der Waals surface area contributed by atoms with Gasteiger partial charge in [-0.2, -0.15) is 13.2 Å². The highest BCUT2D eigenvalue weighted by atomic mass is 32.2. The molecular formula is C24H28F3O6S-. The van der Waals surface area contributed by atoms with Gasteiger partial charge in [0.2, 0.25) is 0 Å².